The molecule has 2 rings (SSSR count). The number of ether oxygens (including phenoxy) is 2. The van der Waals surface area contributed by atoms with E-state index in [0.717, 1.165) is 55.2 Å². The fourth-order valence-corrected chi connectivity index (χ4v) is 2.82. The number of pyridine rings is 1. The van der Waals surface area contributed by atoms with E-state index < -0.39 is 5.56 Å². The number of rotatable bonds is 11. The Morgan fingerprint density at radius 2 is 1.62 bits per heavy atom. The predicted molar refractivity (Wildman–Crippen MR) is 106 cm³/mol. The predicted octanol–water partition coefficient (Wildman–Crippen LogP) is 4.87. The Balaban J connectivity index is 2.51. The topological polar surface area (TPSA) is 60.7 Å². The van der Waals surface area contributed by atoms with Gasteiger partial charge in [-0.25, -0.2) is 0 Å². The van der Waals surface area contributed by atoms with Crippen LogP contribution in [0.2, 0.25) is 0 Å². The molecule has 1 N–H and O–H groups in total. The number of unbranched alkanes of at least 4 members (excludes halogenated alkanes) is 3. The number of hydrogen-bond donors (Lipinski definition) is 1. The van der Waals surface area contributed by atoms with Crippen LogP contribution < -0.4 is 15.0 Å². The van der Waals surface area contributed by atoms with Crippen LogP contribution in [-0.4, -0.2) is 22.9 Å². The molecule has 2 aromatic rings. The molecule has 0 unspecified atom stereocenters. The van der Waals surface area contributed by atoms with E-state index in [9.17, 15) is 9.90 Å². The Morgan fingerprint density at radius 3 is 2.27 bits per heavy atom. The Labute approximate surface area is 155 Å². The number of aryl methyl sites for hydroxylation is 1. The van der Waals surface area contributed by atoms with Gasteiger partial charge in [-0.05, 0) is 31.4 Å². The Bertz CT molecular complexity index is 767. The fourth-order valence-electron chi connectivity index (χ4n) is 2.82. The molecule has 1 aromatic heterocycles. The summed E-state index contributed by atoms with van der Waals surface area (Å²) in [5.41, 5.74) is 0.352. The van der Waals surface area contributed by atoms with Crippen molar-refractivity contribution in [3.8, 4) is 17.2 Å². The van der Waals surface area contributed by atoms with E-state index in [0.29, 0.717) is 19.8 Å². The molecule has 5 nitrogen and oxygen atoms in total. The third kappa shape index (κ3) is 4.71. The highest BCUT2D eigenvalue weighted by molar-refractivity contribution is 5.88. The molecule has 0 spiro atoms. The van der Waals surface area contributed by atoms with Gasteiger partial charge in [-0.3, -0.25) is 4.79 Å². The van der Waals surface area contributed by atoms with Crippen LogP contribution in [0.5, 0.6) is 17.2 Å². The van der Waals surface area contributed by atoms with Crippen LogP contribution in [0.15, 0.2) is 23.0 Å². The highest BCUT2D eigenvalue weighted by Crippen LogP contribution is 2.34. The zero-order chi connectivity index (χ0) is 18.9. The first-order chi connectivity index (χ1) is 12.6. The average molecular weight is 361 g/mol. The maximum Gasteiger partial charge on any atom is 0.297 e. The summed E-state index contributed by atoms with van der Waals surface area (Å²) in [7, 11) is 0. The van der Waals surface area contributed by atoms with E-state index in [4.69, 9.17) is 9.47 Å². The van der Waals surface area contributed by atoms with Crippen LogP contribution in [0, 0.1) is 0 Å². The molecule has 144 valence electrons. The largest absolute Gasteiger partial charge is 0.500 e. The molecular formula is C21H31NO4. The summed E-state index contributed by atoms with van der Waals surface area (Å²) >= 11 is 0. The van der Waals surface area contributed by atoms with E-state index in [-0.39, 0.29) is 11.5 Å². The summed E-state index contributed by atoms with van der Waals surface area (Å²) < 4.78 is 13.2. The van der Waals surface area contributed by atoms with Gasteiger partial charge in [0.2, 0.25) is 5.75 Å². The summed E-state index contributed by atoms with van der Waals surface area (Å²) in [5, 5.41) is 11.2. The first kappa shape index (κ1) is 20.1. The quantitative estimate of drug-likeness (QED) is 0.580. The van der Waals surface area contributed by atoms with Crippen molar-refractivity contribution in [1.82, 2.24) is 4.57 Å². The molecule has 1 aromatic carbocycles. The van der Waals surface area contributed by atoms with Crippen molar-refractivity contribution in [3.63, 3.8) is 0 Å². The summed E-state index contributed by atoms with van der Waals surface area (Å²) in [6.45, 7) is 7.96. The van der Waals surface area contributed by atoms with Gasteiger partial charge >= 0.3 is 0 Å². The number of aromatic hydroxyl groups is 1. The van der Waals surface area contributed by atoms with Crippen LogP contribution in [0.1, 0.15) is 59.3 Å². The van der Waals surface area contributed by atoms with Gasteiger partial charge in [0.05, 0.1) is 18.7 Å². The minimum atomic E-state index is -0.400. The lowest BCUT2D eigenvalue weighted by Gasteiger charge is -2.17. The van der Waals surface area contributed by atoms with Gasteiger partial charge in [-0.1, -0.05) is 40.0 Å². The molecule has 0 saturated heterocycles. The van der Waals surface area contributed by atoms with Gasteiger partial charge in [-0.15, -0.1) is 0 Å². The van der Waals surface area contributed by atoms with E-state index >= 15 is 0 Å². The summed E-state index contributed by atoms with van der Waals surface area (Å²) in [6.07, 6.45) is 5.75. The second-order valence-corrected chi connectivity index (χ2v) is 6.57. The van der Waals surface area contributed by atoms with Crippen molar-refractivity contribution < 1.29 is 14.6 Å². The van der Waals surface area contributed by atoms with E-state index in [1.54, 1.807) is 4.57 Å². The van der Waals surface area contributed by atoms with Crippen molar-refractivity contribution in [1.29, 1.82) is 0 Å². The van der Waals surface area contributed by atoms with Gasteiger partial charge < -0.3 is 19.1 Å². The molecule has 0 atom stereocenters. The summed E-state index contributed by atoms with van der Waals surface area (Å²) in [6, 6.07) is 5.63. The second kappa shape index (κ2) is 10.1. The summed E-state index contributed by atoms with van der Waals surface area (Å²) in [4.78, 5) is 12.7. The molecule has 0 amide bonds. The SMILES string of the molecule is CCCCOc1ccc2c(OCCCC)c(O)c(=O)n(CCCC)c2c1. The lowest BCUT2D eigenvalue weighted by molar-refractivity contribution is 0.293. The maximum atomic E-state index is 12.7. The van der Waals surface area contributed by atoms with Crippen molar-refractivity contribution in [2.45, 2.75) is 65.8 Å². The second-order valence-electron chi connectivity index (χ2n) is 6.57. The van der Waals surface area contributed by atoms with Crippen LogP contribution in [0.3, 0.4) is 0 Å². The standard InChI is InChI=1S/C21H31NO4/c1-4-7-12-22-18-15-16(25-13-8-5-2)10-11-17(18)20(19(23)21(22)24)26-14-9-6-3/h10-11,15,23H,4-9,12-14H2,1-3H3. The number of nitrogens with zero attached hydrogens (tertiary/aromatic N) is 1. The van der Waals surface area contributed by atoms with Gasteiger partial charge in [0.25, 0.3) is 5.56 Å². The van der Waals surface area contributed by atoms with Crippen molar-refractivity contribution in [3.05, 3.63) is 28.6 Å². The third-order valence-electron chi connectivity index (χ3n) is 4.41. The molecule has 5 heteroatoms. The van der Waals surface area contributed by atoms with E-state index in [1.165, 1.54) is 0 Å². The molecule has 0 aliphatic rings. The molecule has 0 fully saturated rings. The molecular weight excluding hydrogens is 330 g/mol. The maximum absolute atomic E-state index is 12.7. The van der Waals surface area contributed by atoms with Crippen LogP contribution in [0.25, 0.3) is 10.9 Å². The Morgan fingerprint density at radius 1 is 0.962 bits per heavy atom. The Hall–Kier alpha value is -2.17. The monoisotopic (exact) mass is 361 g/mol. The van der Waals surface area contributed by atoms with Crippen LogP contribution >= 0.6 is 0 Å². The molecule has 0 aliphatic heterocycles. The molecule has 0 radical (unpaired) electrons. The first-order valence-electron chi connectivity index (χ1n) is 9.79. The van der Waals surface area contributed by atoms with E-state index in [1.807, 2.05) is 18.2 Å². The first-order valence-corrected chi connectivity index (χ1v) is 9.79. The number of benzene rings is 1. The highest BCUT2D eigenvalue weighted by Gasteiger charge is 2.18. The zero-order valence-electron chi connectivity index (χ0n) is 16.2. The number of aromatic nitrogens is 1. The van der Waals surface area contributed by atoms with Gasteiger partial charge in [0, 0.05) is 18.0 Å². The fraction of sp³-hybridized carbons (Fsp3) is 0.571. The number of fused-ring (bicyclic) bond motifs is 1. The lowest BCUT2D eigenvalue weighted by atomic mass is 10.1. The van der Waals surface area contributed by atoms with Gasteiger partial charge in [0.1, 0.15) is 5.75 Å². The molecule has 0 bridgehead atoms. The minimum Gasteiger partial charge on any atom is -0.500 e. The normalized spacial score (nSPS) is 11.0. The molecule has 0 saturated carbocycles. The average Bonchev–Trinajstić information content (AvgIpc) is 2.65. The number of hydrogen-bond acceptors (Lipinski definition) is 4. The lowest BCUT2D eigenvalue weighted by Crippen LogP contribution is -2.21. The van der Waals surface area contributed by atoms with Gasteiger partial charge in [-0.2, -0.15) is 0 Å². The van der Waals surface area contributed by atoms with Crippen LogP contribution in [-0.2, 0) is 6.54 Å². The molecule has 0 aliphatic carbocycles. The molecule has 1 heterocycles. The Kier molecular flexibility index (Phi) is 7.82. The third-order valence-corrected chi connectivity index (χ3v) is 4.41. The molecule has 26 heavy (non-hydrogen) atoms. The van der Waals surface area contributed by atoms with Crippen LogP contribution in [0.4, 0.5) is 0 Å². The minimum absolute atomic E-state index is 0.284. The van der Waals surface area contributed by atoms with Crippen molar-refractivity contribution >= 4 is 10.9 Å². The van der Waals surface area contributed by atoms with Crippen molar-refractivity contribution in [2.24, 2.45) is 0 Å². The highest BCUT2D eigenvalue weighted by atomic mass is 16.5. The summed E-state index contributed by atoms with van der Waals surface area (Å²) in [5.74, 6) is 0.719. The smallest absolute Gasteiger partial charge is 0.297 e. The van der Waals surface area contributed by atoms with Gasteiger partial charge in [0.15, 0.2) is 5.75 Å². The van der Waals surface area contributed by atoms with E-state index in [2.05, 4.69) is 20.8 Å². The van der Waals surface area contributed by atoms with Crippen molar-refractivity contribution in [2.75, 3.05) is 13.2 Å². The zero-order valence-corrected chi connectivity index (χ0v) is 16.2.